The minimum absolute atomic E-state index is 0.709. The number of hydrogen-bond donors (Lipinski definition) is 2. The molecule has 1 aromatic rings. The van der Waals surface area contributed by atoms with Crippen LogP contribution in [0.5, 0.6) is 5.88 Å². The molecule has 0 spiro atoms. The minimum Gasteiger partial charge on any atom is -0.477 e. The first-order chi connectivity index (χ1) is 11.3. The Morgan fingerprint density at radius 1 is 1.35 bits per heavy atom. The quantitative estimate of drug-likeness (QED) is 0.391. The summed E-state index contributed by atoms with van der Waals surface area (Å²) in [4.78, 5) is 8.59. The zero-order valence-electron chi connectivity index (χ0n) is 14.2. The van der Waals surface area contributed by atoms with Crippen molar-refractivity contribution in [3.05, 3.63) is 23.9 Å². The van der Waals surface area contributed by atoms with E-state index in [-0.39, 0.29) is 0 Å². The van der Waals surface area contributed by atoms with E-state index < -0.39 is 0 Å². The fourth-order valence-electron chi connectivity index (χ4n) is 2.07. The molecule has 0 aromatic carbocycles. The summed E-state index contributed by atoms with van der Waals surface area (Å²) in [6, 6.07) is 3.99. The van der Waals surface area contributed by atoms with E-state index in [9.17, 15) is 0 Å². The van der Waals surface area contributed by atoms with Crippen molar-refractivity contribution in [1.82, 2.24) is 15.6 Å². The topological polar surface area (TPSA) is 58.5 Å². The molecule has 1 heterocycles. The van der Waals surface area contributed by atoms with Gasteiger partial charge >= 0.3 is 0 Å². The van der Waals surface area contributed by atoms with Crippen molar-refractivity contribution < 1.29 is 4.74 Å². The Morgan fingerprint density at radius 2 is 2.22 bits per heavy atom. The fraction of sp³-hybridized carbons (Fsp3) is 0.647. The summed E-state index contributed by atoms with van der Waals surface area (Å²) in [5.41, 5.74) is 1.12. The Kier molecular flexibility index (Phi) is 8.07. The van der Waals surface area contributed by atoms with E-state index in [1.54, 1.807) is 7.05 Å². The molecule has 6 heteroatoms. The van der Waals surface area contributed by atoms with E-state index in [0.29, 0.717) is 6.54 Å². The van der Waals surface area contributed by atoms with E-state index in [1.165, 1.54) is 25.0 Å². The van der Waals surface area contributed by atoms with E-state index in [2.05, 4.69) is 26.9 Å². The minimum atomic E-state index is 0.709. The van der Waals surface area contributed by atoms with Crippen LogP contribution in [0.15, 0.2) is 23.3 Å². The molecule has 0 amide bonds. The molecule has 128 valence electrons. The lowest BCUT2D eigenvalue weighted by Crippen LogP contribution is -2.37. The van der Waals surface area contributed by atoms with Crippen molar-refractivity contribution in [2.45, 2.75) is 32.2 Å². The molecule has 0 unspecified atom stereocenters. The molecule has 1 aliphatic rings. The first-order valence-corrected chi connectivity index (χ1v) is 9.72. The average Bonchev–Trinajstić information content (AvgIpc) is 3.41. The summed E-state index contributed by atoms with van der Waals surface area (Å²) < 4.78 is 5.65. The SMILES string of the molecule is CN=C(NCCCCSC)NCc1ccc(OCC2CC2)nc1. The molecule has 1 aliphatic carbocycles. The number of ether oxygens (including phenoxy) is 1. The third-order valence-electron chi connectivity index (χ3n) is 3.71. The molecule has 2 N–H and O–H groups in total. The molecule has 2 rings (SSSR count). The van der Waals surface area contributed by atoms with E-state index >= 15 is 0 Å². The second kappa shape index (κ2) is 10.4. The summed E-state index contributed by atoms with van der Waals surface area (Å²) >= 11 is 1.89. The van der Waals surface area contributed by atoms with Crippen molar-refractivity contribution >= 4 is 17.7 Å². The van der Waals surface area contributed by atoms with Crippen molar-refractivity contribution in [1.29, 1.82) is 0 Å². The normalized spacial score (nSPS) is 14.6. The number of thioether (sulfide) groups is 1. The Labute approximate surface area is 143 Å². The van der Waals surface area contributed by atoms with Gasteiger partial charge in [-0.25, -0.2) is 4.98 Å². The van der Waals surface area contributed by atoms with Crippen molar-refractivity contribution in [3.63, 3.8) is 0 Å². The van der Waals surface area contributed by atoms with Crippen LogP contribution in [-0.4, -0.2) is 43.2 Å². The molecule has 1 saturated carbocycles. The van der Waals surface area contributed by atoms with Crippen molar-refractivity contribution in [2.75, 3.05) is 32.2 Å². The van der Waals surface area contributed by atoms with Gasteiger partial charge < -0.3 is 15.4 Å². The zero-order chi connectivity index (χ0) is 16.3. The second-order valence-electron chi connectivity index (χ2n) is 5.81. The maximum atomic E-state index is 5.65. The maximum Gasteiger partial charge on any atom is 0.213 e. The summed E-state index contributed by atoms with van der Waals surface area (Å²) in [6.45, 7) is 2.46. The molecule has 0 aliphatic heterocycles. The highest BCUT2D eigenvalue weighted by Crippen LogP contribution is 2.29. The van der Waals surface area contributed by atoms with Gasteiger partial charge in [-0.05, 0) is 49.2 Å². The van der Waals surface area contributed by atoms with E-state index in [4.69, 9.17) is 4.74 Å². The third-order valence-corrected chi connectivity index (χ3v) is 4.41. The zero-order valence-corrected chi connectivity index (χ0v) is 15.0. The molecular weight excluding hydrogens is 308 g/mol. The number of aromatic nitrogens is 1. The van der Waals surface area contributed by atoms with Crippen LogP contribution in [0.1, 0.15) is 31.2 Å². The van der Waals surface area contributed by atoms with Crippen LogP contribution in [0.4, 0.5) is 0 Å². The number of nitrogens with zero attached hydrogens (tertiary/aromatic N) is 2. The molecule has 1 fully saturated rings. The smallest absolute Gasteiger partial charge is 0.213 e. The number of hydrogen-bond acceptors (Lipinski definition) is 4. The highest BCUT2D eigenvalue weighted by atomic mass is 32.2. The highest BCUT2D eigenvalue weighted by molar-refractivity contribution is 7.98. The standard InChI is InChI=1S/C17H28N4OS/c1-18-17(19-9-3-4-10-23-2)21-12-15-7-8-16(20-11-15)22-13-14-5-6-14/h7-8,11,14H,3-6,9-10,12-13H2,1-2H3,(H2,18,19,21). The lowest BCUT2D eigenvalue weighted by molar-refractivity contribution is 0.288. The van der Waals surface area contributed by atoms with Gasteiger partial charge in [-0.2, -0.15) is 11.8 Å². The fourth-order valence-corrected chi connectivity index (χ4v) is 2.57. The largest absolute Gasteiger partial charge is 0.477 e. The average molecular weight is 337 g/mol. The van der Waals surface area contributed by atoms with Crippen LogP contribution in [0.2, 0.25) is 0 Å². The van der Waals surface area contributed by atoms with Gasteiger partial charge in [0.2, 0.25) is 5.88 Å². The van der Waals surface area contributed by atoms with Crippen LogP contribution in [-0.2, 0) is 6.54 Å². The van der Waals surface area contributed by atoms with Gasteiger partial charge in [-0.1, -0.05) is 6.07 Å². The van der Waals surface area contributed by atoms with Crippen LogP contribution in [0, 0.1) is 5.92 Å². The summed E-state index contributed by atoms with van der Waals surface area (Å²) in [7, 11) is 1.80. The van der Waals surface area contributed by atoms with Crippen LogP contribution in [0.25, 0.3) is 0 Å². The number of pyridine rings is 1. The molecule has 0 saturated heterocycles. The van der Waals surface area contributed by atoms with Gasteiger partial charge in [0.15, 0.2) is 5.96 Å². The number of nitrogens with one attached hydrogen (secondary N) is 2. The predicted molar refractivity (Wildman–Crippen MR) is 98.3 cm³/mol. The van der Waals surface area contributed by atoms with Gasteiger partial charge in [0.05, 0.1) is 6.61 Å². The van der Waals surface area contributed by atoms with E-state index in [0.717, 1.165) is 42.9 Å². The third kappa shape index (κ3) is 7.59. The highest BCUT2D eigenvalue weighted by Gasteiger charge is 2.21. The van der Waals surface area contributed by atoms with Gasteiger partial charge in [0.1, 0.15) is 0 Å². The number of rotatable bonds is 10. The number of aliphatic imine (C=N–C) groups is 1. The van der Waals surface area contributed by atoms with Crippen molar-refractivity contribution in [3.8, 4) is 5.88 Å². The first kappa shape index (κ1) is 17.9. The summed E-state index contributed by atoms with van der Waals surface area (Å²) in [5, 5.41) is 6.64. The summed E-state index contributed by atoms with van der Waals surface area (Å²) in [6.07, 6.45) is 9.00. The van der Waals surface area contributed by atoms with E-state index in [1.807, 2.05) is 30.1 Å². The van der Waals surface area contributed by atoms with Crippen LogP contribution in [0.3, 0.4) is 0 Å². The predicted octanol–water partition coefficient (Wildman–Crippen LogP) is 2.68. The molecule has 5 nitrogen and oxygen atoms in total. The second-order valence-corrected chi connectivity index (χ2v) is 6.80. The Hall–Kier alpha value is -1.43. The van der Waals surface area contributed by atoms with Gasteiger partial charge in [0.25, 0.3) is 0 Å². The molecule has 0 radical (unpaired) electrons. The Morgan fingerprint density at radius 3 is 2.87 bits per heavy atom. The van der Waals surface area contributed by atoms with Crippen molar-refractivity contribution in [2.24, 2.45) is 10.9 Å². The number of unbranched alkanes of at least 4 members (excludes halogenated alkanes) is 1. The molecule has 1 aromatic heterocycles. The maximum absolute atomic E-state index is 5.65. The monoisotopic (exact) mass is 336 g/mol. The Balaban J connectivity index is 1.64. The number of guanidine groups is 1. The molecule has 23 heavy (non-hydrogen) atoms. The molecule has 0 bridgehead atoms. The van der Waals surface area contributed by atoms with Gasteiger partial charge in [0, 0.05) is 32.4 Å². The summed E-state index contributed by atoms with van der Waals surface area (Å²) in [5.74, 6) is 3.53. The lowest BCUT2D eigenvalue weighted by atomic mass is 10.3. The first-order valence-electron chi connectivity index (χ1n) is 8.33. The van der Waals surface area contributed by atoms with Crippen LogP contribution >= 0.6 is 11.8 Å². The Bertz CT molecular complexity index is 474. The van der Waals surface area contributed by atoms with Gasteiger partial charge in [-0.3, -0.25) is 4.99 Å². The van der Waals surface area contributed by atoms with Crippen LogP contribution < -0.4 is 15.4 Å². The van der Waals surface area contributed by atoms with Gasteiger partial charge in [-0.15, -0.1) is 0 Å². The lowest BCUT2D eigenvalue weighted by Gasteiger charge is -2.12. The molecular formula is C17H28N4OS. The molecule has 0 atom stereocenters.